The number of amides is 1. The molecule has 1 N–H and O–H groups in total. The van der Waals surface area contributed by atoms with Crippen molar-refractivity contribution in [1.29, 1.82) is 0 Å². The largest absolute Gasteiger partial charge is 0.353 e. The van der Waals surface area contributed by atoms with Crippen LogP contribution >= 0.6 is 0 Å². The summed E-state index contributed by atoms with van der Waals surface area (Å²) in [6, 6.07) is 10.6. The van der Waals surface area contributed by atoms with Gasteiger partial charge < -0.3 is 9.88 Å². The van der Waals surface area contributed by atoms with E-state index < -0.39 is 9.84 Å². The smallest absolute Gasteiger partial charge is 0.238 e. The van der Waals surface area contributed by atoms with E-state index in [1.807, 2.05) is 19.3 Å². The molecule has 25 heavy (non-hydrogen) atoms. The van der Waals surface area contributed by atoms with Crippen molar-refractivity contribution in [2.24, 2.45) is 7.05 Å². The van der Waals surface area contributed by atoms with E-state index in [4.69, 9.17) is 0 Å². The van der Waals surface area contributed by atoms with Crippen molar-refractivity contribution >= 4 is 21.4 Å². The Labute approximate surface area is 148 Å². The highest BCUT2D eigenvalue weighted by atomic mass is 32.2. The van der Waals surface area contributed by atoms with E-state index in [0.717, 1.165) is 25.6 Å². The Bertz CT molecular complexity index is 856. The molecule has 0 aliphatic carbocycles. The number of carbonyl (C=O) groups is 1. The summed E-state index contributed by atoms with van der Waals surface area (Å²) in [6.07, 6.45) is 5.31. The van der Waals surface area contributed by atoms with Gasteiger partial charge in [0.25, 0.3) is 0 Å². The number of nitrogens with one attached hydrogen (secondary N) is 1. The third-order valence-electron chi connectivity index (χ3n) is 4.60. The van der Waals surface area contributed by atoms with Gasteiger partial charge in [-0.2, -0.15) is 0 Å². The molecule has 1 aliphatic heterocycles. The average molecular weight is 361 g/mol. The van der Waals surface area contributed by atoms with E-state index >= 15 is 0 Å². The Balaban J connectivity index is 1.63. The lowest BCUT2D eigenvalue weighted by Gasteiger charge is -2.24. The van der Waals surface area contributed by atoms with Gasteiger partial charge in [-0.1, -0.05) is 0 Å². The summed E-state index contributed by atoms with van der Waals surface area (Å²) in [5.74, 6) is -0.0896. The minimum absolute atomic E-state index is 0.0896. The van der Waals surface area contributed by atoms with Crippen LogP contribution in [0.15, 0.2) is 47.5 Å². The number of rotatable bonds is 5. The molecule has 1 fully saturated rings. The van der Waals surface area contributed by atoms with Gasteiger partial charge in [0.05, 0.1) is 17.5 Å². The van der Waals surface area contributed by atoms with Crippen LogP contribution in [0.1, 0.15) is 24.6 Å². The summed E-state index contributed by atoms with van der Waals surface area (Å²) in [5, 5.41) is 2.85. The number of anilines is 1. The van der Waals surface area contributed by atoms with Crippen LogP contribution in [0.2, 0.25) is 0 Å². The standard InChI is InChI=1S/C18H23N3O3S/c1-20-11-3-5-16(20)17-6-4-12-21(17)13-18(22)19-14-7-9-15(10-8-14)25(2,23)24/h3,5,7-11,17H,4,6,12-13H2,1-2H3,(H,19,22). The molecule has 1 saturated heterocycles. The van der Waals surface area contributed by atoms with Gasteiger partial charge in [0, 0.05) is 30.9 Å². The van der Waals surface area contributed by atoms with Crippen LogP contribution in [-0.4, -0.2) is 43.1 Å². The Kier molecular flexibility index (Phi) is 4.96. The molecule has 1 aromatic carbocycles. The maximum Gasteiger partial charge on any atom is 0.238 e. The summed E-state index contributed by atoms with van der Waals surface area (Å²) >= 11 is 0. The zero-order valence-electron chi connectivity index (χ0n) is 14.5. The summed E-state index contributed by atoms with van der Waals surface area (Å²) < 4.78 is 25.1. The van der Waals surface area contributed by atoms with E-state index in [2.05, 4.69) is 20.9 Å². The number of benzene rings is 1. The molecule has 0 saturated carbocycles. The quantitative estimate of drug-likeness (QED) is 0.886. The number of nitrogens with zero attached hydrogens (tertiary/aromatic N) is 2. The summed E-state index contributed by atoms with van der Waals surface area (Å²) in [4.78, 5) is 14.8. The Hall–Kier alpha value is -2.12. The first-order chi connectivity index (χ1) is 11.8. The lowest BCUT2D eigenvalue weighted by atomic mass is 10.1. The highest BCUT2D eigenvalue weighted by molar-refractivity contribution is 7.90. The van der Waals surface area contributed by atoms with Crippen molar-refractivity contribution in [1.82, 2.24) is 9.47 Å². The molecule has 1 aliphatic rings. The molecule has 6 nitrogen and oxygen atoms in total. The van der Waals surface area contributed by atoms with Gasteiger partial charge in [-0.05, 0) is 55.8 Å². The van der Waals surface area contributed by atoms with Gasteiger partial charge in [-0.15, -0.1) is 0 Å². The fourth-order valence-corrected chi connectivity index (χ4v) is 3.97. The third-order valence-corrected chi connectivity index (χ3v) is 5.73. The van der Waals surface area contributed by atoms with Crippen molar-refractivity contribution in [3.8, 4) is 0 Å². The van der Waals surface area contributed by atoms with Crippen LogP contribution < -0.4 is 5.32 Å². The zero-order valence-corrected chi connectivity index (χ0v) is 15.3. The number of hydrogen-bond donors (Lipinski definition) is 1. The molecule has 2 aromatic rings. The fourth-order valence-electron chi connectivity index (χ4n) is 3.34. The topological polar surface area (TPSA) is 71.4 Å². The molecule has 0 bridgehead atoms. The van der Waals surface area contributed by atoms with E-state index in [9.17, 15) is 13.2 Å². The Morgan fingerprint density at radius 3 is 2.56 bits per heavy atom. The molecule has 2 heterocycles. The maximum absolute atomic E-state index is 12.4. The number of sulfone groups is 1. The van der Waals surface area contributed by atoms with Crippen molar-refractivity contribution in [3.63, 3.8) is 0 Å². The number of aromatic nitrogens is 1. The molecule has 134 valence electrons. The minimum Gasteiger partial charge on any atom is -0.353 e. The van der Waals surface area contributed by atoms with E-state index in [0.29, 0.717) is 12.2 Å². The van der Waals surface area contributed by atoms with Crippen LogP contribution in [-0.2, 0) is 21.7 Å². The third kappa shape index (κ3) is 4.11. The van der Waals surface area contributed by atoms with E-state index in [-0.39, 0.29) is 16.8 Å². The SMILES string of the molecule is Cn1cccc1C1CCCN1CC(=O)Nc1ccc(S(C)(=O)=O)cc1. The minimum atomic E-state index is -3.23. The Morgan fingerprint density at radius 2 is 1.96 bits per heavy atom. The molecule has 0 radical (unpaired) electrons. The molecular formula is C18H23N3O3S. The average Bonchev–Trinajstić information content (AvgIpc) is 3.15. The zero-order chi connectivity index (χ0) is 18.0. The monoisotopic (exact) mass is 361 g/mol. The second-order valence-corrected chi connectivity index (χ2v) is 8.53. The van der Waals surface area contributed by atoms with Crippen LogP contribution in [0.25, 0.3) is 0 Å². The molecule has 1 unspecified atom stereocenters. The van der Waals surface area contributed by atoms with Gasteiger partial charge in [0.2, 0.25) is 5.91 Å². The predicted octanol–water partition coefficient (Wildman–Crippen LogP) is 2.20. The van der Waals surface area contributed by atoms with Gasteiger partial charge in [0.15, 0.2) is 9.84 Å². The van der Waals surface area contributed by atoms with E-state index in [1.165, 1.54) is 17.8 Å². The lowest BCUT2D eigenvalue weighted by molar-refractivity contribution is -0.117. The molecule has 7 heteroatoms. The first kappa shape index (κ1) is 17.7. The number of carbonyl (C=O) groups excluding carboxylic acids is 1. The highest BCUT2D eigenvalue weighted by Gasteiger charge is 2.28. The second-order valence-electron chi connectivity index (χ2n) is 6.52. The number of likely N-dealkylation sites (tertiary alicyclic amines) is 1. The van der Waals surface area contributed by atoms with Crippen LogP contribution in [0.3, 0.4) is 0 Å². The number of aryl methyl sites for hydroxylation is 1. The van der Waals surface area contributed by atoms with Gasteiger partial charge in [-0.3, -0.25) is 9.69 Å². The van der Waals surface area contributed by atoms with Crippen LogP contribution in [0.5, 0.6) is 0 Å². The predicted molar refractivity (Wildman–Crippen MR) is 97.1 cm³/mol. The second kappa shape index (κ2) is 7.01. The van der Waals surface area contributed by atoms with Crippen LogP contribution in [0, 0.1) is 0 Å². The molecule has 3 rings (SSSR count). The molecule has 1 aromatic heterocycles. The fraction of sp³-hybridized carbons (Fsp3) is 0.389. The summed E-state index contributed by atoms with van der Waals surface area (Å²) in [5.41, 5.74) is 1.83. The summed E-state index contributed by atoms with van der Waals surface area (Å²) in [7, 11) is -1.20. The molecule has 0 spiro atoms. The van der Waals surface area contributed by atoms with Crippen molar-refractivity contribution < 1.29 is 13.2 Å². The normalized spacial score (nSPS) is 18.4. The molecular weight excluding hydrogens is 338 g/mol. The van der Waals surface area contributed by atoms with Gasteiger partial charge >= 0.3 is 0 Å². The Morgan fingerprint density at radius 1 is 1.24 bits per heavy atom. The summed E-state index contributed by atoms with van der Waals surface area (Å²) in [6.45, 7) is 1.22. The van der Waals surface area contributed by atoms with Gasteiger partial charge in [0.1, 0.15) is 0 Å². The van der Waals surface area contributed by atoms with Crippen molar-refractivity contribution in [2.75, 3.05) is 24.7 Å². The first-order valence-electron chi connectivity index (χ1n) is 8.30. The first-order valence-corrected chi connectivity index (χ1v) is 10.2. The van der Waals surface area contributed by atoms with Crippen LogP contribution in [0.4, 0.5) is 5.69 Å². The molecule has 1 atom stereocenters. The highest BCUT2D eigenvalue weighted by Crippen LogP contribution is 2.31. The van der Waals surface area contributed by atoms with Crippen molar-refractivity contribution in [3.05, 3.63) is 48.3 Å². The van der Waals surface area contributed by atoms with Gasteiger partial charge in [-0.25, -0.2) is 8.42 Å². The lowest BCUT2D eigenvalue weighted by Crippen LogP contribution is -2.33. The molecule has 1 amide bonds. The maximum atomic E-state index is 12.4. The van der Waals surface area contributed by atoms with E-state index in [1.54, 1.807) is 12.1 Å². The number of hydrogen-bond acceptors (Lipinski definition) is 4. The van der Waals surface area contributed by atoms with Crippen molar-refractivity contribution in [2.45, 2.75) is 23.8 Å².